The molecule has 5 aromatic carbocycles. The SMILES string of the molecule is COc1cc(-c2c(F)ccc(F)c2F)c2c(c1)N(C)c1ccccc1C2C(=O)O.c1ccc2c(c1)Cc1ccccc1N2. The van der Waals surface area contributed by atoms with Crippen LogP contribution < -0.4 is 15.0 Å². The van der Waals surface area contributed by atoms with Crippen molar-refractivity contribution in [3.8, 4) is 16.9 Å². The van der Waals surface area contributed by atoms with Gasteiger partial charge >= 0.3 is 5.97 Å². The van der Waals surface area contributed by atoms with Crippen LogP contribution in [0.15, 0.2) is 97.1 Å². The van der Waals surface area contributed by atoms with Crippen LogP contribution in [0.1, 0.15) is 28.2 Å². The van der Waals surface area contributed by atoms with Crippen LogP contribution in [0.4, 0.5) is 35.9 Å². The normalized spacial score (nSPS) is 14.2. The van der Waals surface area contributed by atoms with Crippen LogP contribution in [-0.4, -0.2) is 25.2 Å². The molecule has 8 heteroatoms. The molecular formula is C35H27F3N2O3. The fourth-order valence-corrected chi connectivity index (χ4v) is 5.81. The highest BCUT2D eigenvalue weighted by Crippen LogP contribution is 2.51. The summed E-state index contributed by atoms with van der Waals surface area (Å²) in [6.07, 6.45) is 1.04. The molecule has 1 atom stereocenters. The maximum Gasteiger partial charge on any atom is 0.315 e. The molecule has 0 radical (unpaired) electrons. The van der Waals surface area contributed by atoms with Crippen molar-refractivity contribution >= 4 is 28.7 Å². The molecule has 43 heavy (non-hydrogen) atoms. The number of aliphatic carboxylic acids is 1. The van der Waals surface area contributed by atoms with Crippen LogP contribution in [0.2, 0.25) is 0 Å². The van der Waals surface area contributed by atoms with E-state index < -0.39 is 34.9 Å². The number of para-hydroxylation sites is 3. The number of fused-ring (bicyclic) bond motifs is 4. The maximum absolute atomic E-state index is 14.7. The summed E-state index contributed by atoms with van der Waals surface area (Å²) in [5, 5.41) is 13.4. The molecule has 0 fully saturated rings. The summed E-state index contributed by atoms with van der Waals surface area (Å²) in [6, 6.07) is 28.3. The molecule has 2 aliphatic heterocycles. The van der Waals surface area contributed by atoms with E-state index in [1.807, 2.05) is 0 Å². The second kappa shape index (κ2) is 11.2. The first-order valence-corrected chi connectivity index (χ1v) is 13.6. The zero-order chi connectivity index (χ0) is 30.2. The van der Waals surface area contributed by atoms with Crippen LogP contribution in [0.3, 0.4) is 0 Å². The van der Waals surface area contributed by atoms with Crippen molar-refractivity contribution < 1.29 is 27.8 Å². The summed E-state index contributed by atoms with van der Waals surface area (Å²) in [4.78, 5) is 14.0. The maximum atomic E-state index is 14.7. The van der Waals surface area contributed by atoms with Gasteiger partial charge in [-0.2, -0.15) is 0 Å². The van der Waals surface area contributed by atoms with E-state index >= 15 is 0 Å². The lowest BCUT2D eigenvalue weighted by Gasteiger charge is -2.35. The Labute approximate surface area is 246 Å². The molecule has 0 spiro atoms. The van der Waals surface area contributed by atoms with Gasteiger partial charge in [-0.15, -0.1) is 0 Å². The third kappa shape index (κ3) is 4.95. The van der Waals surface area contributed by atoms with Crippen molar-refractivity contribution in [3.05, 3.63) is 137 Å². The van der Waals surface area contributed by atoms with E-state index in [4.69, 9.17) is 4.74 Å². The highest BCUT2D eigenvalue weighted by Gasteiger charge is 2.37. The lowest BCUT2D eigenvalue weighted by Crippen LogP contribution is -2.26. The van der Waals surface area contributed by atoms with Crippen molar-refractivity contribution in [2.24, 2.45) is 0 Å². The van der Waals surface area contributed by atoms with Gasteiger partial charge in [-0.05, 0) is 58.7 Å². The van der Waals surface area contributed by atoms with Crippen LogP contribution in [0.5, 0.6) is 5.75 Å². The van der Waals surface area contributed by atoms with E-state index in [0.29, 0.717) is 23.0 Å². The number of nitrogens with zero attached hydrogens (tertiary/aromatic N) is 1. The van der Waals surface area contributed by atoms with Crippen LogP contribution in [-0.2, 0) is 11.2 Å². The van der Waals surface area contributed by atoms with Crippen molar-refractivity contribution in [1.82, 2.24) is 0 Å². The predicted molar refractivity (Wildman–Crippen MR) is 161 cm³/mol. The van der Waals surface area contributed by atoms with Gasteiger partial charge in [-0.1, -0.05) is 54.6 Å². The number of nitrogens with one attached hydrogen (secondary N) is 1. The number of rotatable bonds is 3. The molecule has 2 N–H and O–H groups in total. The number of anilines is 4. The lowest BCUT2D eigenvalue weighted by molar-refractivity contribution is -0.137. The summed E-state index contributed by atoms with van der Waals surface area (Å²) < 4.78 is 48.5. The summed E-state index contributed by atoms with van der Waals surface area (Å²) in [5.41, 5.74) is 6.25. The quantitative estimate of drug-likeness (QED) is 0.206. The van der Waals surface area contributed by atoms with Crippen molar-refractivity contribution in [2.75, 3.05) is 24.4 Å². The van der Waals surface area contributed by atoms with Crippen LogP contribution in [0.25, 0.3) is 11.1 Å². The summed E-state index contributed by atoms with van der Waals surface area (Å²) in [5.74, 6) is -5.72. The number of hydrogen-bond acceptors (Lipinski definition) is 4. The van der Waals surface area contributed by atoms with E-state index in [1.165, 1.54) is 35.7 Å². The highest BCUT2D eigenvalue weighted by molar-refractivity contribution is 5.95. The third-order valence-electron chi connectivity index (χ3n) is 7.87. The van der Waals surface area contributed by atoms with Crippen LogP contribution >= 0.6 is 0 Å². The molecule has 2 aliphatic rings. The van der Waals surface area contributed by atoms with Gasteiger partial charge in [0.05, 0.1) is 12.7 Å². The molecule has 0 aliphatic carbocycles. The number of halogens is 3. The van der Waals surface area contributed by atoms with Crippen molar-refractivity contribution in [2.45, 2.75) is 12.3 Å². The molecule has 5 nitrogen and oxygen atoms in total. The summed E-state index contributed by atoms with van der Waals surface area (Å²) >= 11 is 0. The first-order valence-electron chi connectivity index (χ1n) is 13.6. The molecule has 5 aromatic rings. The number of benzene rings is 5. The standard InChI is InChI=1S/C22H16F3NO3.C13H11N/c1-26-16-6-4-3-5-12(16)20(22(27)28)19-13(9-11(29-2)10-17(19)26)18-14(23)7-8-15(24)21(18)25;1-3-7-12-10(5-1)9-11-6-2-4-8-13(11)14-12/h3-10,20H,1-2H3,(H,27,28);1-8,14H,9H2. The Morgan fingerprint density at radius 1 is 0.837 bits per heavy atom. The van der Waals surface area contributed by atoms with E-state index in [-0.39, 0.29) is 16.9 Å². The minimum atomic E-state index is -1.38. The monoisotopic (exact) mass is 580 g/mol. The van der Waals surface area contributed by atoms with Gasteiger partial charge in [0.2, 0.25) is 0 Å². The fourth-order valence-electron chi connectivity index (χ4n) is 5.81. The largest absolute Gasteiger partial charge is 0.497 e. The minimum Gasteiger partial charge on any atom is -0.497 e. The molecular weight excluding hydrogens is 553 g/mol. The number of hydrogen-bond donors (Lipinski definition) is 2. The summed E-state index contributed by atoms with van der Waals surface area (Å²) in [7, 11) is 3.10. The number of carboxylic acids is 1. The third-order valence-corrected chi connectivity index (χ3v) is 7.87. The van der Waals surface area contributed by atoms with Gasteiger partial charge in [0.1, 0.15) is 17.5 Å². The fraction of sp³-hybridized carbons (Fsp3) is 0.114. The average molecular weight is 581 g/mol. The second-order valence-corrected chi connectivity index (χ2v) is 10.3. The lowest BCUT2D eigenvalue weighted by atomic mass is 9.80. The highest BCUT2D eigenvalue weighted by atomic mass is 19.2. The van der Waals surface area contributed by atoms with Crippen molar-refractivity contribution in [1.29, 1.82) is 0 Å². The Hall–Kier alpha value is -5.24. The molecule has 0 aromatic heterocycles. The number of methoxy groups -OCH3 is 1. The van der Waals surface area contributed by atoms with Gasteiger partial charge in [0.15, 0.2) is 11.6 Å². The first kappa shape index (κ1) is 27.9. The van der Waals surface area contributed by atoms with Gasteiger partial charge in [-0.3, -0.25) is 4.79 Å². The second-order valence-electron chi connectivity index (χ2n) is 10.3. The number of ether oxygens (including phenoxy) is 1. The van der Waals surface area contributed by atoms with Gasteiger partial charge in [0, 0.05) is 47.8 Å². The van der Waals surface area contributed by atoms with Gasteiger partial charge in [-0.25, -0.2) is 13.2 Å². The Morgan fingerprint density at radius 2 is 1.44 bits per heavy atom. The Morgan fingerprint density at radius 3 is 2.09 bits per heavy atom. The molecule has 0 amide bonds. The molecule has 0 saturated carbocycles. The zero-order valence-corrected chi connectivity index (χ0v) is 23.4. The minimum absolute atomic E-state index is 0.0670. The smallest absolute Gasteiger partial charge is 0.315 e. The van der Waals surface area contributed by atoms with Gasteiger partial charge < -0.3 is 20.1 Å². The first-order chi connectivity index (χ1) is 20.8. The molecule has 7 rings (SSSR count). The number of carboxylic acid groups (broad SMARTS) is 1. The number of carbonyl (C=O) groups is 1. The Bertz CT molecular complexity index is 1790. The summed E-state index contributed by atoms with van der Waals surface area (Å²) in [6.45, 7) is 0. The van der Waals surface area contributed by atoms with E-state index in [0.717, 1.165) is 12.5 Å². The topological polar surface area (TPSA) is 61.8 Å². The molecule has 0 bridgehead atoms. The van der Waals surface area contributed by atoms with Crippen molar-refractivity contribution in [3.63, 3.8) is 0 Å². The van der Waals surface area contributed by atoms with E-state index in [1.54, 1.807) is 42.3 Å². The van der Waals surface area contributed by atoms with E-state index in [9.17, 15) is 23.1 Å². The van der Waals surface area contributed by atoms with E-state index in [2.05, 4.69) is 53.8 Å². The van der Waals surface area contributed by atoms with Gasteiger partial charge in [0.25, 0.3) is 0 Å². The zero-order valence-electron chi connectivity index (χ0n) is 23.4. The predicted octanol–water partition coefficient (Wildman–Crippen LogP) is 8.41. The Balaban J connectivity index is 0.000000195. The Kier molecular flexibility index (Phi) is 7.27. The average Bonchev–Trinajstić information content (AvgIpc) is 3.02. The molecule has 1 unspecified atom stereocenters. The van der Waals surface area contributed by atoms with Crippen LogP contribution in [0, 0.1) is 17.5 Å². The molecule has 216 valence electrons. The molecule has 0 saturated heterocycles. The molecule has 2 heterocycles.